The first-order valence-corrected chi connectivity index (χ1v) is 8.41. The Morgan fingerprint density at radius 1 is 1.25 bits per heavy atom. The average Bonchev–Trinajstić information content (AvgIpc) is 3.04. The lowest BCUT2D eigenvalue weighted by Crippen LogP contribution is -2.25. The monoisotopic (exact) mass is 331 g/mol. The molecule has 1 amide bonds. The first kappa shape index (κ1) is 18.1. The molecule has 2 aromatic rings. The van der Waals surface area contributed by atoms with Crippen LogP contribution in [-0.2, 0) is 16.0 Å². The van der Waals surface area contributed by atoms with Gasteiger partial charge in [0.2, 0.25) is 17.6 Å². The van der Waals surface area contributed by atoms with Crippen LogP contribution in [0, 0.1) is 0 Å². The molecule has 0 atom stereocenters. The summed E-state index contributed by atoms with van der Waals surface area (Å²) in [6.45, 7) is 5.31. The minimum Gasteiger partial charge on any atom is -0.379 e. The minimum atomic E-state index is 0.0438. The van der Waals surface area contributed by atoms with Gasteiger partial charge in [0.25, 0.3) is 0 Å². The lowest BCUT2D eigenvalue weighted by atomic mass is 10.2. The zero-order valence-corrected chi connectivity index (χ0v) is 14.3. The van der Waals surface area contributed by atoms with Crippen molar-refractivity contribution in [3.8, 4) is 11.4 Å². The van der Waals surface area contributed by atoms with Gasteiger partial charge in [-0.1, -0.05) is 35.5 Å². The van der Waals surface area contributed by atoms with Gasteiger partial charge in [0, 0.05) is 31.6 Å². The van der Waals surface area contributed by atoms with E-state index in [0.29, 0.717) is 44.1 Å². The molecule has 2 rings (SSSR count). The number of aryl methyl sites for hydroxylation is 1. The molecule has 1 aromatic carbocycles. The van der Waals surface area contributed by atoms with Crippen LogP contribution in [0.3, 0.4) is 0 Å². The van der Waals surface area contributed by atoms with E-state index in [9.17, 15) is 4.79 Å². The summed E-state index contributed by atoms with van der Waals surface area (Å²) in [5.41, 5.74) is 0.925. The van der Waals surface area contributed by atoms with Crippen LogP contribution in [0.4, 0.5) is 0 Å². The third-order valence-corrected chi connectivity index (χ3v) is 3.39. The third-order valence-electron chi connectivity index (χ3n) is 3.39. The van der Waals surface area contributed by atoms with Crippen molar-refractivity contribution in [3.63, 3.8) is 0 Å². The van der Waals surface area contributed by atoms with Gasteiger partial charge in [0.1, 0.15) is 0 Å². The number of carbonyl (C=O) groups is 1. The van der Waals surface area contributed by atoms with Gasteiger partial charge in [-0.15, -0.1) is 0 Å². The second kappa shape index (κ2) is 9.82. The highest BCUT2D eigenvalue weighted by atomic mass is 16.5. The molecular weight excluding hydrogens is 306 g/mol. The summed E-state index contributed by atoms with van der Waals surface area (Å²) in [5.74, 6) is 1.19. The van der Waals surface area contributed by atoms with E-state index in [-0.39, 0.29) is 12.0 Å². The first-order chi connectivity index (χ1) is 11.6. The topological polar surface area (TPSA) is 77.2 Å². The van der Waals surface area contributed by atoms with Crippen molar-refractivity contribution in [2.45, 2.75) is 45.6 Å². The molecule has 0 spiro atoms. The van der Waals surface area contributed by atoms with E-state index in [4.69, 9.17) is 9.26 Å². The van der Waals surface area contributed by atoms with Gasteiger partial charge < -0.3 is 14.6 Å². The summed E-state index contributed by atoms with van der Waals surface area (Å²) in [6.07, 6.45) is 2.80. The van der Waals surface area contributed by atoms with E-state index >= 15 is 0 Å². The average molecular weight is 331 g/mol. The molecule has 0 bridgehead atoms. The molecular formula is C18H25N3O3. The summed E-state index contributed by atoms with van der Waals surface area (Å²) in [4.78, 5) is 16.1. The Kier molecular flexibility index (Phi) is 7.42. The normalized spacial score (nSPS) is 11.0. The van der Waals surface area contributed by atoms with Gasteiger partial charge in [0.15, 0.2) is 0 Å². The highest BCUT2D eigenvalue weighted by Gasteiger charge is 2.09. The Morgan fingerprint density at radius 3 is 2.79 bits per heavy atom. The molecule has 0 fully saturated rings. The van der Waals surface area contributed by atoms with Gasteiger partial charge in [-0.2, -0.15) is 4.98 Å². The van der Waals surface area contributed by atoms with Crippen LogP contribution < -0.4 is 5.32 Å². The van der Waals surface area contributed by atoms with E-state index in [1.165, 1.54) is 0 Å². The number of nitrogens with one attached hydrogen (secondary N) is 1. The highest BCUT2D eigenvalue weighted by Crippen LogP contribution is 2.15. The van der Waals surface area contributed by atoms with Crippen LogP contribution in [0.15, 0.2) is 34.9 Å². The van der Waals surface area contributed by atoms with Gasteiger partial charge in [0.05, 0.1) is 6.10 Å². The predicted molar refractivity (Wildman–Crippen MR) is 91.4 cm³/mol. The van der Waals surface area contributed by atoms with E-state index < -0.39 is 0 Å². The highest BCUT2D eigenvalue weighted by molar-refractivity contribution is 5.75. The maximum absolute atomic E-state index is 11.7. The van der Waals surface area contributed by atoms with Gasteiger partial charge in [-0.25, -0.2) is 0 Å². The number of hydrogen-bond donors (Lipinski definition) is 1. The number of ether oxygens (including phenoxy) is 1. The Hall–Kier alpha value is -2.21. The van der Waals surface area contributed by atoms with Crippen molar-refractivity contribution in [1.82, 2.24) is 15.5 Å². The molecule has 1 N–H and O–H groups in total. The second-order valence-corrected chi connectivity index (χ2v) is 5.85. The molecule has 6 heteroatoms. The third kappa shape index (κ3) is 6.50. The Morgan fingerprint density at radius 2 is 2.04 bits per heavy atom. The van der Waals surface area contributed by atoms with Crippen LogP contribution in [0.25, 0.3) is 11.4 Å². The largest absolute Gasteiger partial charge is 0.379 e. The molecule has 130 valence electrons. The number of nitrogens with zero attached hydrogens (tertiary/aromatic N) is 2. The number of rotatable bonds is 10. The zero-order valence-electron chi connectivity index (χ0n) is 14.3. The van der Waals surface area contributed by atoms with Crippen molar-refractivity contribution in [2.75, 3.05) is 13.2 Å². The molecule has 0 saturated heterocycles. The fraction of sp³-hybridized carbons (Fsp3) is 0.500. The molecule has 1 heterocycles. The van der Waals surface area contributed by atoms with Crippen molar-refractivity contribution in [3.05, 3.63) is 36.2 Å². The summed E-state index contributed by atoms with van der Waals surface area (Å²) < 4.78 is 10.6. The lowest BCUT2D eigenvalue weighted by molar-refractivity contribution is -0.121. The predicted octanol–water partition coefficient (Wildman–Crippen LogP) is 2.99. The number of hydrogen-bond acceptors (Lipinski definition) is 5. The fourth-order valence-corrected chi connectivity index (χ4v) is 2.17. The number of aromatic nitrogens is 2. The van der Waals surface area contributed by atoms with Gasteiger partial charge in [-0.3, -0.25) is 4.79 Å². The molecule has 0 aliphatic heterocycles. The molecule has 0 saturated carbocycles. The van der Waals surface area contributed by atoms with Crippen molar-refractivity contribution in [1.29, 1.82) is 0 Å². The maximum atomic E-state index is 11.7. The number of benzene rings is 1. The Bertz CT molecular complexity index is 611. The second-order valence-electron chi connectivity index (χ2n) is 5.85. The van der Waals surface area contributed by atoms with Crippen LogP contribution in [0.2, 0.25) is 0 Å². The van der Waals surface area contributed by atoms with E-state index in [2.05, 4.69) is 15.5 Å². The molecule has 1 aromatic heterocycles. The molecule has 0 aliphatic rings. The molecule has 0 aliphatic carbocycles. The minimum absolute atomic E-state index is 0.0438. The smallest absolute Gasteiger partial charge is 0.226 e. The molecule has 24 heavy (non-hydrogen) atoms. The lowest BCUT2D eigenvalue weighted by Gasteiger charge is -2.08. The summed E-state index contributed by atoms with van der Waals surface area (Å²) in [7, 11) is 0. The summed E-state index contributed by atoms with van der Waals surface area (Å²) in [6, 6.07) is 9.68. The maximum Gasteiger partial charge on any atom is 0.226 e. The van der Waals surface area contributed by atoms with Crippen LogP contribution in [-0.4, -0.2) is 35.3 Å². The van der Waals surface area contributed by atoms with Crippen LogP contribution in [0.1, 0.15) is 39.0 Å². The first-order valence-electron chi connectivity index (χ1n) is 8.41. The van der Waals surface area contributed by atoms with Gasteiger partial charge >= 0.3 is 0 Å². The molecule has 6 nitrogen and oxygen atoms in total. The summed E-state index contributed by atoms with van der Waals surface area (Å²) in [5, 5.41) is 6.86. The van der Waals surface area contributed by atoms with E-state index in [0.717, 1.165) is 12.0 Å². The number of amides is 1. The zero-order chi connectivity index (χ0) is 17.2. The Balaban J connectivity index is 1.62. The standard InChI is InChI=1S/C18H25N3O3/c1-14(2)23-13-7-12-19-16(22)10-6-11-17-20-18(21-24-17)15-8-4-3-5-9-15/h3-5,8-9,14H,6-7,10-13H2,1-2H3,(H,19,22). The summed E-state index contributed by atoms with van der Waals surface area (Å²) >= 11 is 0. The van der Waals surface area contributed by atoms with Gasteiger partial charge in [-0.05, 0) is 26.7 Å². The molecule has 0 unspecified atom stereocenters. The van der Waals surface area contributed by atoms with Crippen LogP contribution >= 0.6 is 0 Å². The van der Waals surface area contributed by atoms with E-state index in [1.807, 2.05) is 44.2 Å². The van der Waals surface area contributed by atoms with Crippen molar-refractivity contribution < 1.29 is 14.1 Å². The fourth-order valence-electron chi connectivity index (χ4n) is 2.17. The van der Waals surface area contributed by atoms with Crippen molar-refractivity contribution in [2.24, 2.45) is 0 Å². The van der Waals surface area contributed by atoms with Crippen molar-refractivity contribution >= 4 is 5.91 Å². The SMILES string of the molecule is CC(C)OCCCNC(=O)CCCc1nc(-c2ccccc2)no1. The van der Waals surface area contributed by atoms with Crippen LogP contribution in [0.5, 0.6) is 0 Å². The quantitative estimate of drug-likeness (QED) is 0.677. The molecule has 0 radical (unpaired) electrons. The number of carbonyl (C=O) groups excluding carboxylic acids is 1. The van der Waals surface area contributed by atoms with E-state index in [1.54, 1.807) is 0 Å². The Labute approximate surface area is 142 Å².